The summed E-state index contributed by atoms with van der Waals surface area (Å²) < 4.78 is 72.9. The van der Waals surface area contributed by atoms with Crippen molar-refractivity contribution in [2.75, 3.05) is 25.1 Å². The van der Waals surface area contributed by atoms with E-state index in [1.54, 1.807) is 11.0 Å². The molecular weight excluding hydrogens is 473 g/mol. The van der Waals surface area contributed by atoms with Gasteiger partial charge < -0.3 is 19.7 Å². The molecule has 0 radical (unpaired) electrons. The molecule has 6 nitrogen and oxygen atoms in total. The van der Waals surface area contributed by atoms with Crippen LogP contribution in [0.1, 0.15) is 24.0 Å². The van der Waals surface area contributed by atoms with Crippen molar-refractivity contribution < 1.29 is 36.2 Å². The van der Waals surface area contributed by atoms with Crippen LogP contribution in [0.5, 0.6) is 11.5 Å². The van der Waals surface area contributed by atoms with Crippen LogP contribution in [0.3, 0.4) is 0 Å². The second-order valence-corrected chi connectivity index (χ2v) is 7.69. The van der Waals surface area contributed by atoms with Crippen LogP contribution < -0.4 is 19.7 Å². The average Bonchev–Trinajstić information content (AvgIpc) is 3.23. The van der Waals surface area contributed by atoms with E-state index in [4.69, 9.17) is 16.3 Å². The molecule has 1 fully saturated rings. The van der Waals surface area contributed by atoms with Crippen LogP contribution in [0.25, 0.3) is 0 Å². The van der Waals surface area contributed by atoms with Gasteiger partial charge >= 0.3 is 12.8 Å². The molecule has 1 N–H and O–H groups in total. The van der Waals surface area contributed by atoms with E-state index in [1.165, 1.54) is 19.2 Å². The van der Waals surface area contributed by atoms with E-state index in [0.717, 1.165) is 11.6 Å². The lowest BCUT2D eigenvalue weighted by Gasteiger charge is -2.26. The Labute approximate surface area is 191 Å². The number of hydrogen-bond donors (Lipinski definition) is 1. The maximum atomic E-state index is 12.9. The van der Waals surface area contributed by atoms with Crippen LogP contribution in [-0.2, 0) is 17.4 Å². The molecule has 1 aliphatic heterocycles. The number of ether oxygens (including phenoxy) is 2. The summed E-state index contributed by atoms with van der Waals surface area (Å²) in [5.74, 6) is -0.136. The second kappa shape index (κ2) is 10.4. The summed E-state index contributed by atoms with van der Waals surface area (Å²) in [6.45, 7) is -2.31. The first-order valence-electron chi connectivity index (χ1n) is 9.99. The number of alkyl halides is 5. The Hall–Kier alpha value is -2.82. The molecule has 1 amide bonds. The first kappa shape index (κ1) is 24.8. The predicted octanol–water partition coefficient (Wildman–Crippen LogP) is 4.69. The molecule has 0 saturated carbocycles. The minimum Gasteiger partial charge on any atom is -0.493 e. The second-order valence-electron chi connectivity index (χ2n) is 7.28. The normalized spacial score (nSPS) is 16.2. The van der Waals surface area contributed by atoms with E-state index in [2.05, 4.69) is 15.0 Å². The molecule has 1 aromatic carbocycles. The summed E-state index contributed by atoms with van der Waals surface area (Å²) in [5, 5.41) is 2.61. The Balaban J connectivity index is 1.61. The smallest absolute Gasteiger partial charge is 0.417 e. The first-order valence-corrected chi connectivity index (χ1v) is 10.4. The predicted molar refractivity (Wildman–Crippen MR) is 111 cm³/mol. The number of carbonyl (C=O) groups excluding carboxylic acids is 1. The molecule has 33 heavy (non-hydrogen) atoms. The molecule has 1 saturated heterocycles. The number of nitrogens with one attached hydrogen (secondary N) is 1. The Morgan fingerprint density at radius 3 is 2.70 bits per heavy atom. The molecule has 2 heterocycles. The summed E-state index contributed by atoms with van der Waals surface area (Å²) in [4.78, 5) is 18.2. The van der Waals surface area contributed by atoms with Gasteiger partial charge in [0.1, 0.15) is 11.9 Å². The molecule has 0 aliphatic carbocycles. The lowest BCUT2D eigenvalue weighted by Crippen LogP contribution is -2.44. The monoisotopic (exact) mass is 493 g/mol. The summed E-state index contributed by atoms with van der Waals surface area (Å²) in [6.07, 6.45) is -2.33. The SMILES string of the molecule is COc1cc(CCNC(=O)[C@@H]2CCCN2c2ncc(C(F)(F)F)cc2Cl)ccc1OC(F)F. The fraction of sp³-hybridized carbons (Fsp3) is 0.429. The molecule has 1 atom stereocenters. The summed E-state index contributed by atoms with van der Waals surface area (Å²) in [5.41, 5.74) is -0.235. The van der Waals surface area contributed by atoms with Crippen LogP contribution in [0.15, 0.2) is 30.5 Å². The topological polar surface area (TPSA) is 63.7 Å². The van der Waals surface area contributed by atoms with Gasteiger partial charge in [-0.3, -0.25) is 4.79 Å². The largest absolute Gasteiger partial charge is 0.493 e. The van der Waals surface area contributed by atoms with Gasteiger partial charge in [0, 0.05) is 19.3 Å². The Kier molecular flexibility index (Phi) is 7.83. The van der Waals surface area contributed by atoms with E-state index in [9.17, 15) is 26.7 Å². The van der Waals surface area contributed by atoms with Crippen LogP contribution >= 0.6 is 11.6 Å². The van der Waals surface area contributed by atoms with Gasteiger partial charge in [-0.25, -0.2) is 4.98 Å². The zero-order valence-corrected chi connectivity index (χ0v) is 18.2. The van der Waals surface area contributed by atoms with E-state index >= 15 is 0 Å². The Bertz CT molecular complexity index is 990. The van der Waals surface area contributed by atoms with E-state index in [0.29, 0.717) is 32.0 Å². The van der Waals surface area contributed by atoms with Gasteiger partial charge in [0.05, 0.1) is 17.7 Å². The standard InChI is InChI=1S/C21H21ClF5N3O3/c1-32-17-9-12(4-5-16(17)33-20(23)24)6-7-28-19(31)15-3-2-8-30(15)18-14(22)10-13(11-29-18)21(25,26)27/h4-5,9-11,15,20H,2-3,6-8H2,1H3,(H,28,31)/t15-/m0/s1. The third-order valence-corrected chi connectivity index (χ3v) is 5.41. The molecule has 0 bridgehead atoms. The molecule has 12 heteroatoms. The molecular formula is C21H21ClF5N3O3. The minimum absolute atomic E-state index is 0.0946. The fourth-order valence-electron chi connectivity index (χ4n) is 3.60. The molecule has 180 valence electrons. The van der Waals surface area contributed by atoms with Crippen molar-refractivity contribution in [3.8, 4) is 11.5 Å². The number of benzene rings is 1. The first-order chi connectivity index (χ1) is 15.6. The average molecular weight is 494 g/mol. The van der Waals surface area contributed by atoms with Crippen molar-refractivity contribution >= 4 is 23.3 Å². The maximum Gasteiger partial charge on any atom is 0.417 e. The van der Waals surface area contributed by atoms with Gasteiger partial charge in [0.15, 0.2) is 11.5 Å². The van der Waals surface area contributed by atoms with Crippen LogP contribution in [0.2, 0.25) is 5.02 Å². The van der Waals surface area contributed by atoms with Crippen molar-refractivity contribution in [1.29, 1.82) is 0 Å². The highest BCUT2D eigenvalue weighted by molar-refractivity contribution is 6.33. The van der Waals surface area contributed by atoms with Crippen LogP contribution in [0.4, 0.5) is 27.8 Å². The molecule has 1 aliphatic rings. The number of anilines is 1. The highest BCUT2D eigenvalue weighted by Crippen LogP contribution is 2.35. The van der Waals surface area contributed by atoms with Gasteiger partial charge in [0.2, 0.25) is 5.91 Å². The molecule has 2 aromatic rings. The van der Waals surface area contributed by atoms with Crippen molar-refractivity contribution in [1.82, 2.24) is 10.3 Å². The third-order valence-electron chi connectivity index (χ3n) is 5.13. The summed E-state index contributed by atoms with van der Waals surface area (Å²) in [7, 11) is 1.33. The summed E-state index contributed by atoms with van der Waals surface area (Å²) >= 11 is 6.04. The molecule has 3 rings (SSSR count). The lowest BCUT2D eigenvalue weighted by atomic mass is 10.1. The zero-order valence-electron chi connectivity index (χ0n) is 17.5. The number of hydrogen-bond acceptors (Lipinski definition) is 5. The quantitative estimate of drug-likeness (QED) is 0.541. The third kappa shape index (κ3) is 6.16. The zero-order chi connectivity index (χ0) is 24.2. The molecule has 0 unspecified atom stereocenters. The van der Waals surface area contributed by atoms with Gasteiger partial charge in [-0.05, 0) is 43.0 Å². The van der Waals surface area contributed by atoms with Crippen molar-refractivity contribution in [3.05, 3.63) is 46.6 Å². The van der Waals surface area contributed by atoms with Gasteiger partial charge in [-0.2, -0.15) is 22.0 Å². The maximum absolute atomic E-state index is 12.9. The van der Waals surface area contributed by atoms with Gasteiger partial charge in [-0.1, -0.05) is 17.7 Å². The van der Waals surface area contributed by atoms with E-state index in [1.807, 2.05) is 0 Å². The van der Waals surface area contributed by atoms with Gasteiger partial charge in [-0.15, -0.1) is 0 Å². The van der Waals surface area contributed by atoms with Crippen LogP contribution in [-0.4, -0.2) is 43.7 Å². The number of rotatable bonds is 8. The lowest BCUT2D eigenvalue weighted by molar-refractivity contribution is -0.137. The number of pyridine rings is 1. The van der Waals surface area contributed by atoms with Gasteiger partial charge in [0.25, 0.3) is 0 Å². The Morgan fingerprint density at radius 1 is 1.30 bits per heavy atom. The van der Waals surface area contributed by atoms with Crippen molar-refractivity contribution in [3.63, 3.8) is 0 Å². The highest BCUT2D eigenvalue weighted by atomic mass is 35.5. The van der Waals surface area contributed by atoms with Crippen molar-refractivity contribution in [2.45, 2.75) is 38.1 Å². The van der Waals surface area contributed by atoms with Crippen molar-refractivity contribution in [2.24, 2.45) is 0 Å². The van der Waals surface area contributed by atoms with Crippen LogP contribution in [0, 0.1) is 0 Å². The number of aromatic nitrogens is 1. The minimum atomic E-state index is -4.57. The number of methoxy groups -OCH3 is 1. The van der Waals surface area contributed by atoms with E-state index < -0.39 is 24.4 Å². The molecule has 0 spiro atoms. The Morgan fingerprint density at radius 2 is 2.06 bits per heavy atom. The molecule has 1 aromatic heterocycles. The number of amides is 1. The number of nitrogens with zero attached hydrogens (tertiary/aromatic N) is 2. The number of halogens is 6. The van der Waals surface area contributed by atoms with E-state index in [-0.39, 0.29) is 34.8 Å². The highest BCUT2D eigenvalue weighted by Gasteiger charge is 2.35. The number of carbonyl (C=O) groups is 1. The fourth-order valence-corrected chi connectivity index (χ4v) is 3.87. The summed E-state index contributed by atoms with van der Waals surface area (Å²) in [6, 6.07) is 4.66.